The fraction of sp³-hybridized carbons (Fsp3) is 0.222. The molecule has 1 heterocycles. The van der Waals surface area contributed by atoms with Crippen LogP contribution < -0.4 is 4.74 Å². The van der Waals surface area contributed by atoms with Crippen LogP contribution in [0.1, 0.15) is 29.2 Å². The van der Waals surface area contributed by atoms with Crippen LogP contribution in [-0.2, 0) is 6.42 Å². The Hall–Kier alpha value is -2.34. The minimum absolute atomic E-state index is 0.0971. The average molecular weight is 344 g/mol. The Kier molecular flexibility index (Phi) is 5.15. The third-order valence-corrected chi connectivity index (χ3v) is 4.57. The highest BCUT2D eigenvalue weighted by Gasteiger charge is 2.13. The van der Waals surface area contributed by atoms with E-state index in [1.807, 2.05) is 31.2 Å². The number of nitrogens with zero attached hydrogens (tertiary/aromatic N) is 2. The fourth-order valence-electron chi connectivity index (χ4n) is 2.23. The van der Waals surface area contributed by atoms with E-state index in [0.717, 1.165) is 16.9 Å². The summed E-state index contributed by atoms with van der Waals surface area (Å²) in [4.78, 5) is 0. The van der Waals surface area contributed by atoms with Crippen molar-refractivity contribution in [1.82, 2.24) is 10.2 Å². The lowest BCUT2D eigenvalue weighted by atomic mass is 10.1. The molecule has 2 aromatic carbocycles. The summed E-state index contributed by atoms with van der Waals surface area (Å²) in [6, 6.07) is 14.2. The summed E-state index contributed by atoms with van der Waals surface area (Å²) in [7, 11) is 1.64. The molecule has 6 heteroatoms. The molecule has 0 aliphatic carbocycles. The smallest absolute Gasteiger partial charge is 0.277 e. The maximum atomic E-state index is 13.0. The van der Waals surface area contributed by atoms with Gasteiger partial charge in [-0.15, -0.1) is 10.2 Å². The lowest BCUT2D eigenvalue weighted by Crippen LogP contribution is -1.89. The van der Waals surface area contributed by atoms with E-state index in [4.69, 9.17) is 9.15 Å². The molecule has 0 saturated heterocycles. The second-order valence-corrected chi connectivity index (χ2v) is 6.59. The van der Waals surface area contributed by atoms with Gasteiger partial charge < -0.3 is 9.15 Å². The van der Waals surface area contributed by atoms with Gasteiger partial charge in [0.2, 0.25) is 5.89 Å². The van der Waals surface area contributed by atoms with Crippen LogP contribution in [0.4, 0.5) is 4.39 Å². The van der Waals surface area contributed by atoms with Crippen LogP contribution in [0.25, 0.3) is 0 Å². The van der Waals surface area contributed by atoms with E-state index in [0.29, 0.717) is 17.5 Å². The number of methoxy groups -OCH3 is 1. The van der Waals surface area contributed by atoms with Crippen molar-refractivity contribution in [1.29, 1.82) is 0 Å². The normalized spacial score (nSPS) is 12.1. The number of rotatable bonds is 6. The molecule has 1 aromatic heterocycles. The maximum Gasteiger partial charge on any atom is 0.277 e. The molecular weight excluding hydrogens is 327 g/mol. The molecule has 0 aliphatic heterocycles. The lowest BCUT2D eigenvalue weighted by molar-refractivity contribution is 0.413. The quantitative estimate of drug-likeness (QED) is 0.609. The number of hydrogen-bond donors (Lipinski definition) is 0. The largest absolute Gasteiger partial charge is 0.497 e. The van der Waals surface area contributed by atoms with E-state index in [9.17, 15) is 4.39 Å². The van der Waals surface area contributed by atoms with E-state index in [1.54, 1.807) is 19.2 Å². The highest BCUT2D eigenvalue weighted by Crippen LogP contribution is 2.34. The van der Waals surface area contributed by atoms with Crippen LogP contribution in [0.2, 0.25) is 0 Å². The second kappa shape index (κ2) is 7.49. The summed E-state index contributed by atoms with van der Waals surface area (Å²) in [6.45, 7) is 2.02. The fourth-order valence-corrected chi connectivity index (χ4v) is 3.06. The number of halogens is 1. The number of ether oxygens (including phenoxy) is 1. The van der Waals surface area contributed by atoms with Crippen molar-refractivity contribution < 1.29 is 13.5 Å². The van der Waals surface area contributed by atoms with Gasteiger partial charge in [-0.05, 0) is 42.3 Å². The number of thioether (sulfide) groups is 1. The molecule has 4 nitrogen and oxygen atoms in total. The van der Waals surface area contributed by atoms with Crippen molar-refractivity contribution >= 4 is 11.8 Å². The van der Waals surface area contributed by atoms with Gasteiger partial charge in [0.25, 0.3) is 5.22 Å². The van der Waals surface area contributed by atoms with Crippen LogP contribution in [0.3, 0.4) is 0 Å². The van der Waals surface area contributed by atoms with Crippen molar-refractivity contribution in [3.8, 4) is 5.75 Å². The van der Waals surface area contributed by atoms with Crippen molar-refractivity contribution in [2.24, 2.45) is 0 Å². The summed E-state index contributed by atoms with van der Waals surface area (Å²) >= 11 is 1.46. The molecule has 0 aliphatic rings. The molecule has 3 rings (SSSR count). The molecule has 0 saturated carbocycles. The van der Waals surface area contributed by atoms with Gasteiger partial charge in [0.1, 0.15) is 11.6 Å². The predicted molar refractivity (Wildman–Crippen MR) is 90.8 cm³/mol. The molecule has 1 unspecified atom stereocenters. The molecule has 3 aromatic rings. The van der Waals surface area contributed by atoms with Crippen molar-refractivity contribution in [3.05, 3.63) is 71.4 Å². The zero-order chi connectivity index (χ0) is 16.9. The Morgan fingerprint density at radius 3 is 2.46 bits per heavy atom. The lowest BCUT2D eigenvalue weighted by Gasteiger charge is -2.08. The first-order valence-corrected chi connectivity index (χ1v) is 8.39. The number of benzene rings is 2. The van der Waals surface area contributed by atoms with Gasteiger partial charge in [0, 0.05) is 5.25 Å². The monoisotopic (exact) mass is 344 g/mol. The number of hydrogen-bond acceptors (Lipinski definition) is 5. The molecule has 0 N–H and O–H groups in total. The first kappa shape index (κ1) is 16.5. The van der Waals surface area contributed by atoms with Crippen LogP contribution >= 0.6 is 11.8 Å². The molecule has 0 fully saturated rings. The third-order valence-electron chi connectivity index (χ3n) is 3.58. The van der Waals surface area contributed by atoms with Gasteiger partial charge in [-0.2, -0.15) is 0 Å². The number of aromatic nitrogens is 2. The summed E-state index contributed by atoms with van der Waals surface area (Å²) in [5.41, 5.74) is 2.08. The summed E-state index contributed by atoms with van der Waals surface area (Å²) < 4.78 is 23.8. The van der Waals surface area contributed by atoms with Gasteiger partial charge >= 0.3 is 0 Å². The summed E-state index contributed by atoms with van der Waals surface area (Å²) in [5.74, 6) is 1.14. The summed E-state index contributed by atoms with van der Waals surface area (Å²) in [5, 5.41) is 8.77. The van der Waals surface area contributed by atoms with Crippen LogP contribution in [0, 0.1) is 5.82 Å². The van der Waals surface area contributed by atoms with Crippen molar-refractivity contribution in [3.63, 3.8) is 0 Å². The first-order chi connectivity index (χ1) is 11.6. The Balaban J connectivity index is 1.63. The standard InChI is InChI=1S/C18H17FN2O2S/c1-12(14-5-7-15(19)8-6-14)24-18-21-20-17(23-18)11-13-3-9-16(22-2)10-4-13/h3-10,12H,11H2,1-2H3. The Labute approximate surface area is 144 Å². The third kappa shape index (κ3) is 4.14. The van der Waals surface area contributed by atoms with Gasteiger partial charge in [-0.25, -0.2) is 4.39 Å². The molecular formula is C18H17FN2O2S. The van der Waals surface area contributed by atoms with Gasteiger partial charge in [0.05, 0.1) is 13.5 Å². The summed E-state index contributed by atoms with van der Waals surface area (Å²) in [6.07, 6.45) is 0.572. The molecule has 1 atom stereocenters. The molecule has 0 bridgehead atoms. The minimum Gasteiger partial charge on any atom is -0.497 e. The Morgan fingerprint density at radius 1 is 1.08 bits per heavy atom. The van der Waals surface area contributed by atoms with Crippen LogP contribution in [-0.4, -0.2) is 17.3 Å². The van der Waals surface area contributed by atoms with E-state index in [2.05, 4.69) is 10.2 Å². The highest BCUT2D eigenvalue weighted by molar-refractivity contribution is 7.99. The van der Waals surface area contributed by atoms with Gasteiger partial charge in [-0.3, -0.25) is 0 Å². The maximum absolute atomic E-state index is 13.0. The Bertz CT molecular complexity index is 788. The van der Waals surface area contributed by atoms with Crippen molar-refractivity contribution in [2.75, 3.05) is 7.11 Å². The minimum atomic E-state index is -0.240. The topological polar surface area (TPSA) is 48.2 Å². The molecule has 0 amide bonds. The first-order valence-electron chi connectivity index (χ1n) is 7.51. The van der Waals surface area contributed by atoms with E-state index in [1.165, 1.54) is 23.9 Å². The van der Waals surface area contributed by atoms with Crippen LogP contribution in [0.15, 0.2) is 58.2 Å². The molecule has 124 valence electrons. The molecule has 24 heavy (non-hydrogen) atoms. The zero-order valence-electron chi connectivity index (χ0n) is 13.4. The highest BCUT2D eigenvalue weighted by atomic mass is 32.2. The van der Waals surface area contributed by atoms with E-state index in [-0.39, 0.29) is 11.1 Å². The predicted octanol–water partition coefficient (Wildman–Crippen LogP) is 4.66. The van der Waals surface area contributed by atoms with E-state index < -0.39 is 0 Å². The van der Waals surface area contributed by atoms with E-state index >= 15 is 0 Å². The SMILES string of the molecule is COc1ccc(Cc2nnc(SC(C)c3ccc(F)cc3)o2)cc1. The molecule has 0 radical (unpaired) electrons. The second-order valence-electron chi connectivity index (χ2n) is 5.30. The Morgan fingerprint density at radius 2 is 1.79 bits per heavy atom. The van der Waals surface area contributed by atoms with Gasteiger partial charge in [0.15, 0.2) is 0 Å². The van der Waals surface area contributed by atoms with Crippen molar-refractivity contribution in [2.45, 2.75) is 23.8 Å². The zero-order valence-corrected chi connectivity index (χ0v) is 14.2. The van der Waals surface area contributed by atoms with Gasteiger partial charge in [-0.1, -0.05) is 36.0 Å². The molecule has 0 spiro atoms. The van der Waals surface area contributed by atoms with Crippen LogP contribution in [0.5, 0.6) is 5.75 Å². The average Bonchev–Trinajstić information content (AvgIpc) is 3.03.